The quantitative estimate of drug-likeness (QED) is 0.234. The molecular formula is C34H31N5O4. The molecule has 9 nitrogen and oxygen atoms in total. The van der Waals surface area contributed by atoms with Crippen LogP contribution in [0.25, 0.3) is 33.4 Å². The molecule has 0 atom stereocenters. The van der Waals surface area contributed by atoms with Gasteiger partial charge in [0, 0.05) is 34.8 Å². The Morgan fingerprint density at radius 1 is 0.930 bits per heavy atom. The predicted molar refractivity (Wildman–Crippen MR) is 165 cm³/mol. The molecule has 0 saturated carbocycles. The first kappa shape index (κ1) is 27.8. The summed E-state index contributed by atoms with van der Waals surface area (Å²) in [5.41, 5.74) is 5.11. The van der Waals surface area contributed by atoms with Gasteiger partial charge in [-0.15, -0.1) is 0 Å². The van der Waals surface area contributed by atoms with Crippen LogP contribution in [-0.2, 0) is 19.4 Å². The first-order valence-corrected chi connectivity index (χ1v) is 14.4. The van der Waals surface area contributed by atoms with Crippen molar-refractivity contribution in [1.29, 1.82) is 0 Å². The van der Waals surface area contributed by atoms with Crippen LogP contribution in [0.15, 0.2) is 99.2 Å². The van der Waals surface area contributed by atoms with Gasteiger partial charge in [-0.25, -0.2) is 9.78 Å². The SMILES string of the molecule is CCCCc1nc(C)c(CC(=O)n2ccc3ccccc32)c(=O)n1Cc1ccc(-c2ccccc2-c2noc(=O)[nH]2)cc1. The van der Waals surface area contributed by atoms with Crippen molar-refractivity contribution < 1.29 is 9.32 Å². The van der Waals surface area contributed by atoms with Crippen LogP contribution in [0.4, 0.5) is 0 Å². The lowest BCUT2D eigenvalue weighted by atomic mass is 9.98. The van der Waals surface area contributed by atoms with Crippen LogP contribution in [0.1, 0.15) is 47.2 Å². The Balaban J connectivity index is 1.32. The number of hydrogen-bond donors (Lipinski definition) is 1. The maximum Gasteiger partial charge on any atom is 0.439 e. The lowest BCUT2D eigenvalue weighted by Crippen LogP contribution is -2.32. The van der Waals surface area contributed by atoms with E-state index in [0.29, 0.717) is 30.0 Å². The third kappa shape index (κ3) is 5.61. The Kier molecular flexibility index (Phi) is 7.70. The number of rotatable bonds is 9. The molecule has 6 aromatic rings. The molecule has 0 aliphatic rings. The molecule has 0 aliphatic heterocycles. The van der Waals surface area contributed by atoms with E-state index in [1.54, 1.807) is 15.3 Å². The number of carbonyl (C=O) groups is 1. The third-order valence-corrected chi connectivity index (χ3v) is 7.73. The van der Waals surface area contributed by atoms with Crippen LogP contribution in [0.3, 0.4) is 0 Å². The van der Waals surface area contributed by atoms with Gasteiger partial charge in [0.25, 0.3) is 5.56 Å². The van der Waals surface area contributed by atoms with Crippen molar-refractivity contribution >= 4 is 16.8 Å². The summed E-state index contributed by atoms with van der Waals surface area (Å²) in [4.78, 5) is 46.3. The monoisotopic (exact) mass is 573 g/mol. The summed E-state index contributed by atoms with van der Waals surface area (Å²) in [5.74, 6) is 0.292. The molecule has 0 aliphatic carbocycles. The minimum absolute atomic E-state index is 0.0374. The number of H-pyrrole nitrogens is 1. The van der Waals surface area contributed by atoms with Gasteiger partial charge in [0.05, 0.1) is 18.5 Å². The summed E-state index contributed by atoms with van der Waals surface area (Å²) < 4.78 is 8.02. The fourth-order valence-corrected chi connectivity index (χ4v) is 5.45. The zero-order valence-corrected chi connectivity index (χ0v) is 24.0. The standard InChI is InChI=1S/C34H31N5O4/c1-3-4-13-30-35-22(2)28(20-31(40)38-19-18-25-9-5-8-12-29(25)38)33(41)39(30)21-23-14-16-24(17-15-23)26-10-6-7-11-27(26)32-36-34(42)43-37-32/h5-12,14-19H,3-4,13,20-21H2,1-2H3,(H,36,37,42). The number of benzene rings is 3. The molecule has 3 heterocycles. The minimum Gasteiger partial charge on any atom is -0.296 e. The van der Waals surface area contributed by atoms with Gasteiger partial charge in [0.2, 0.25) is 5.91 Å². The van der Waals surface area contributed by atoms with Crippen molar-refractivity contribution in [3.05, 3.63) is 129 Å². The number of fused-ring (bicyclic) bond motifs is 1. The average molecular weight is 574 g/mol. The van der Waals surface area contributed by atoms with Crippen molar-refractivity contribution in [2.45, 2.75) is 46.1 Å². The van der Waals surface area contributed by atoms with Crippen LogP contribution in [0, 0.1) is 6.92 Å². The van der Waals surface area contributed by atoms with Crippen LogP contribution < -0.4 is 11.3 Å². The number of nitrogens with zero attached hydrogens (tertiary/aromatic N) is 4. The van der Waals surface area contributed by atoms with Gasteiger partial charge >= 0.3 is 5.76 Å². The van der Waals surface area contributed by atoms with Crippen molar-refractivity contribution in [1.82, 2.24) is 24.3 Å². The van der Waals surface area contributed by atoms with Crippen LogP contribution in [-0.4, -0.2) is 30.2 Å². The Morgan fingerprint density at radius 3 is 2.42 bits per heavy atom. The lowest BCUT2D eigenvalue weighted by molar-refractivity contribution is 0.0918. The highest BCUT2D eigenvalue weighted by atomic mass is 16.5. The third-order valence-electron chi connectivity index (χ3n) is 7.73. The Labute approximate surface area is 247 Å². The highest BCUT2D eigenvalue weighted by Gasteiger charge is 2.19. The van der Waals surface area contributed by atoms with Gasteiger partial charge in [-0.05, 0) is 42.2 Å². The number of aryl methyl sites for hydroxylation is 2. The second-order valence-corrected chi connectivity index (χ2v) is 10.6. The molecule has 1 N–H and O–H groups in total. The van der Waals surface area contributed by atoms with Gasteiger partial charge < -0.3 is 0 Å². The molecular weight excluding hydrogens is 542 g/mol. The van der Waals surface area contributed by atoms with Gasteiger partial charge in [0.1, 0.15) is 5.82 Å². The van der Waals surface area contributed by atoms with E-state index >= 15 is 0 Å². The van der Waals surface area contributed by atoms with E-state index in [-0.39, 0.29) is 17.9 Å². The number of carbonyl (C=O) groups excluding carboxylic acids is 1. The van der Waals surface area contributed by atoms with E-state index in [1.165, 1.54) is 0 Å². The molecule has 0 spiro atoms. The van der Waals surface area contributed by atoms with Gasteiger partial charge in [0.15, 0.2) is 5.82 Å². The molecule has 43 heavy (non-hydrogen) atoms. The zero-order chi connectivity index (χ0) is 29.9. The molecule has 3 aromatic carbocycles. The number of hydrogen-bond acceptors (Lipinski definition) is 6. The van der Waals surface area contributed by atoms with Crippen LogP contribution in [0.5, 0.6) is 0 Å². The molecule has 9 heteroatoms. The number of unbranched alkanes of at least 4 members (excludes halogenated alkanes) is 1. The van der Waals surface area contributed by atoms with Crippen LogP contribution in [0.2, 0.25) is 0 Å². The van der Waals surface area contributed by atoms with Gasteiger partial charge in [-0.2, -0.15) is 0 Å². The first-order valence-electron chi connectivity index (χ1n) is 14.4. The Morgan fingerprint density at radius 2 is 1.67 bits per heavy atom. The maximum absolute atomic E-state index is 14.0. The minimum atomic E-state index is -0.612. The van der Waals surface area contributed by atoms with E-state index in [1.807, 2.05) is 85.8 Å². The van der Waals surface area contributed by atoms with Crippen molar-refractivity contribution in [3.63, 3.8) is 0 Å². The second kappa shape index (κ2) is 11.9. The second-order valence-electron chi connectivity index (χ2n) is 10.6. The zero-order valence-electron chi connectivity index (χ0n) is 24.0. The largest absolute Gasteiger partial charge is 0.439 e. The normalized spacial score (nSPS) is 11.3. The highest BCUT2D eigenvalue weighted by molar-refractivity contribution is 5.93. The Hall–Kier alpha value is -5.31. The topological polar surface area (TPSA) is 116 Å². The summed E-state index contributed by atoms with van der Waals surface area (Å²) in [5, 5.41) is 4.81. The molecule has 0 radical (unpaired) electrons. The smallest absolute Gasteiger partial charge is 0.296 e. The first-order chi connectivity index (χ1) is 20.9. The molecule has 0 unspecified atom stereocenters. The molecule has 0 fully saturated rings. The Bertz CT molecular complexity index is 2050. The molecule has 216 valence electrons. The fraction of sp³-hybridized carbons (Fsp3) is 0.206. The summed E-state index contributed by atoms with van der Waals surface area (Å²) >= 11 is 0. The van der Waals surface area contributed by atoms with E-state index in [4.69, 9.17) is 9.51 Å². The number of aromatic amines is 1. The predicted octanol–water partition coefficient (Wildman–Crippen LogP) is 5.79. The summed E-state index contributed by atoms with van der Waals surface area (Å²) in [6, 6.07) is 25.1. The number of nitrogens with one attached hydrogen (secondary N) is 1. The average Bonchev–Trinajstić information content (AvgIpc) is 3.66. The molecule has 0 bridgehead atoms. The van der Waals surface area contributed by atoms with E-state index < -0.39 is 5.76 Å². The summed E-state index contributed by atoms with van der Waals surface area (Å²) in [6.45, 7) is 4.25. The molecule has 0 saturated heterocycles. The fourth-order valence-electron chi connectivity index (χ4n) is 5.45. The maximum atomic E-state index is 14.0. The van der Waals surface area contributed by atoms with Crippen molar-refractivity contribution in [2.75, 3.05) is 0 Å². The van der Waals surface area contributed by atoms with E-state index in [2.05, 4.69) is 17.1 Å². The molecule has 3 aromatic heterocycles. The van der Waals surface area contributed by atoms with E-state index in [0.717, 1.165) is 51.8 Å². The van der Waals surface area contributed by atoms with Crippen molar-refractivity contribution in [3.8, 4) is 22.5 Å². The number of para-hydroxylation sites is 1. The molecule has 6 rings (SSSR count). The highest BCUT2D eigenvalue weighted by Crippen LogP contribution is 2.30. The van der Waals surface area contributed by atoms with Crippen molar-refractivity contribution in [2.24, 2.45) is 0 Å². The summed E-state index contributed by atoms with van der Waals surface area (Å²) in [7, 11) is 0. The number of aromatic nitrogens is 5. The molecule has 0 amide bonds. The van der Waals surface area contributed by atoms with Gasteiger partial charge in [-0.1, -0.05) is 85.2 Å². The van der Waals surface area contributed by atoms with Crippen LogP contribution >= 0.6 is 0 Å². The van der Waals surface area contributed by atoms with E-state index in [9.17, 15) is 14.4 Å². The summed E-state index contributed by atoms with van der Waals surface area (Å²) in [6.07, 6.45) is 4.26. The van der Waals surface area contributed by atoms with Gasteiger partial charge in [-0.3, -0.25) is 28.2 Å². The lowest BCUT2D eigenvalue weighted by Gasteiger charge is -2.16.